The molecule has 0 radical (unpaired) electrons. The van der Waals surface area contributed by atoms with Gasteiger partial charge in [-0.15, -0.1) is 0 Å². The molecule has 9 heteroatoms. The lowest BCUT2D eigenvalue weighted by atomic mass is 10.1. The van der Waals surface area contributed by atoms with Crippen molar-refractivity contribution < 1.29 is 14.3 Å². The van der Waals surface area contributed by atoms with E-state index >= 15 is 0 Å². The van der Waals surface area contributed by atoms with Gasteiger partial charge in [0, 0.05) is 29.7 Å². The number of amides is 1. The van der Waals surface area contributed by atoms with Gasteiger partial charge in [0.25, 0.3) is 11.5 Å². The first-order valence-corrected chi connectivity index (χ1v) is 10.4. The van der Waals surface area contributed by atoms with Crippen molar-refractivity contribution in [2.24, 2.45) is 0 Å². The van der Waals surface area contributed by atoms with E-state index in [0.717, 1.165) is 11.3 Å². The third-order valence-corrected chi connectivity index (χ3v) is 4.80. The van der Waals surface area contributed by atoms with Gasteiger partial charge in [-0.3, -0.25) is 14.2 Å². The fourth-order valence-corrected chi connectivity index (χ4v) is 3.21. The zero-order valence-electron chi connectivity index (χ0n) is 16.8. The first-order chi connectivity index (χ1) is 15.0. The molecule has 1 N–H and O–H groups in total. The Bertz CT molecular complexity index is 1100. The quantitative estimate of drug-likeness (QED) is 0.523. The molecular weight excluding hydrogens is 441 g/mol. The van der Waals surface area contributed by atoms with Gasteiger partial charge in [-0.1, -0.05) is 23.2 Å². The Morgan fingerprint density at radius 2 is 1.87 bits per heavy atom. The van der Waals surface area contributed by atoms with E-state index in [1.807, 2.05) is 31.2 Å². The number of halogens is 2. The van der Waals surface area contributed by atoms with E-state index in [4.69, 9.17) is 32.7 Å². The number of benzene rings is 2. The van der Waals surface area contributed by atoms with Gasteiger partial charge < -0.3 is 14.8 Å². The van der Waals surface area contributed by atoms with Crippen molar-refractivity contribution in [1.29, 1.82) is 0 Å². The van der Waals surface area contributed by atoms with Crippen LogP contribution in [0.2, 0.25) is 10.0 Å². The second-order valence-corrected chi connectivity index (χ2v) is 7.32. The fourth-order valence-electron chi connectivity index (χ4n) is 2.74. The molecule has 0 saturated heterocycles. The number of ether oxygens (including phenoxy) is 2. The molecule has 162 valence electrons. The van der Waals surface area contributed by atoms with Crippen LogP contribution in [0.15, 0.2) is 59.7 Å². The first kappa shape index (κ1) is 22.7. The molecule has 31 heavy (non-hydrogen) atoms. The number of rotatable bonds is 9. The number of hydrogen-bond acceptors (Lipinski definition) is 5. The fraction of sp³-hybridized carbons (Fsp3) is 0.227. The highest BCUT2D eigenvalue weighted by molar-refractivity contribution is 6.35. The lowest BCUT2D eigenvalue weighted by molar-refractivity contribution is -0.123. The molecule has 0 fully saturated rings. The Kier molecular flexibility index (Phi) is 7.92. The molecule has 0 unspecified atom stereocenters. The van der Waals surface area contributed by atoms with Gasteiger partial charge in [0.2, 0.25) is 0 Å². The van der Waals surface area contributed by atoms with Crippen LogP contribution in [0.1, 0.15) is 6.92 Å². The standard InChI is InChI=1S/C22H21Cl2N3O4/c1-2-30-17-6-3-15(4-7-17)19-12-22(29)27(14-26-19)10-9-25-21(28)13-31-20-8-5-16(23)11-18(20)24/h3-8,11-12,14H,2,9-10,13H2,1H3,(H,25,28). The summed E-state index contributed by atoms with van der Waals surface area (Å²) in [5.74, 6) is 0.794. The highest BCUT2D eigenvalue weighted by atomic mass is 35.5. The van der Waals surface area contributed by atoms with Crippen molar-refractivity contribution in [2.45, 2.75) is 13.5 Å². The molecule has 2 aromatic carbocycles. The Labute approximate surface area is 189 Å². The van der Waals surface area contributed by atoms with Gasteiger partial charge in [0.05, 0.1) is 23.7 Å². The Balaban J connectivity index is 1.50. The normalized spacial score (nSPS) is 10.5. The summed E-state index contributed by atoms with van der Waals surface area (Å²) in [6, 6.07) is 13.6. The molecule has 0 aliphatic rings. The predicted octanol–water partition coefficient (Wildman–Crippen LogP) is 3.81. The van der Waals surface area contributed by atoms with Crippen LogP contribution in [0.25, 0.3) is 11.3 Å². The molecule has 0 bridgehead atoms. The van der Waals surface area contributed by atoms with Crippen molar-refractivity contribution in [3.8, 4) is 22.8 Å². The molecular formula is C22H21Cl2N3O4. The van der Waals surface area contributed by atoms with Gasteiger partial charge in [-0.05, 0) is 49.4 Å². The van der Waals surface area contributed by atoms with E-state index in [9.17, 15) is 9.59 Å². The van der Waals surface area contributed by atoms with Crippen molar-refractivity contribution in [3.63, 3.8) is 0 Å². The van der Waals surface area contributed by atoms with E-state index < -0.39 is 0 Å². The van der Waals surface area contributed by atoms with Gasteiger partial charge in [-0.2, -0.15) is 0 Å². The molecule has 0 spiro atoms. The van der Waals surface area contributed by atoms with E-state index in [-0.39, 0.29) is 31.2 Å². The Hall–Kier alpha value is -3.03. The topological polar surface area (TPSA) is 82.5 Å². The SMILES string of the molecule is CCOc1ccc(-c2cc(=O)n(CCNC(=O)COc3ccc(Cl)cc3Cl)cn2)cc1. The smallest absolute Gasteiger partial charge is 0.258 e. The number of nitrogens with one attached hydrogen (secondary N) is 1. The van der Waals surface area contributed by atoms with Gasteiger partial charge in [0.1, 0.15) is 11.5 Å². The van der Waals surface area contributed by atoms with E-state index in [1.54, 1.807) is 12.1 Å². The van der Waals surface area contributed by atoms with Crippen molar-refractivity contribution >= 4 is 29.1 Å². The van der Waals surface area contributed by atoms with Crippen LogP contribution in [0.4, 0.5) is 0 Å². The summed E-state index contributed by atoms with van der Waals surface area (Å²) in [4.78, 5) is 28.7. The summed E-state index contributed by atoms with van der Waals surface area (Å²) < 4.78 is 12.2. The van der Waals surface area contributed by atoms with Crippen LogP contribution in [0, 0.1) is 0 Å². The minimum Gasteiger partial charge on any atom is -0.494 e. The Morgan fingerprint density at radius 3 is 2.55 bits per heavy atom. The van der Waals surface area contributed by atoms with Crippen LogP contribution >= 0.6 is 23.2 Å². The highest BCUT2D eigenvalue weighted by Crippen LogP contribution is 2.27. The van der Waals surface area contributed by atoms with E-state index in [1.165, 1.54) is 23.0 Å². The molecule has 0 saturated carbocycles. The molecule has 0 aliphatic carbocycles. The third kappa shape index (κ3) is 6.47. The van der Waals surface area contributed by atoms with Crippen LogP contribution in [0.5, 0.6) is 11.5 Å². The summed E-state index contributed by atoms with van der Waals surface area (Å²) in [5, 5.41) is 3.49. The van der Waals surface area contributed by atoms with Crippen LogP contribution < -0.4 is 20.3 Å². The maximum absolute atomic E-state index is 12.4. The summed E-state index contributed by atoms with van der Waals surface area (Å²) in [7, 11) is 0. The largest absolute Gasteiger partial charge is 0.494 e. The number of carbonyl (C=O) groups is 1. The summed E-state index contributed by atoms with van der Waals surface area (Å²) in [6.07, 6.45) is 1.46. The second kappa shape index (κ2) is 10.8. The zero-order valence-corrected chi connectivity index (χ0v) is 18.3. The minimum atomic E-state index is -0.335. The second-order valence-electron chi connectivity index (χ2n) is 6.48. The zero-order chi connectivity index (χ0) is 22.2. The lowest BCUT2D eigenvalue weighted by Crippen LogP contribution is -2.33. The Morgan fingerprint density at radius 1 is 1.10 bits per heavy atom. The van der Waals surface area contributed by atoms with Crippen molar-refractivity contribution in [1.82, 2.24) is 14.9 Å². The molecule has 0 aliphatic heterocycles. The minimum absolute atomic E-state index is 0.203. The molecule has 1 heterocycles. The van der Waals surface area contributed by atoms with Crippen LogP contribution in [-0.2, 0) is 11.3 Å². The van der Waals surface area contributed by atoms with Crippen LogP contribution in [-0.4, -0.2) is 35.2 Å². The molecule has 7 nitrogen and oxygen atoms in total. The molecule has 1 aromatic heterocycles. The maximum Gasteiger partial charge on any atom is 0.258 e. The summed E-state index contributed by atoms with van der Waals surface area (Å²) in [6.45, 7) is 2.83. The maximum atomic E-state index is 12.4. The molecule has 3 rings (SSSR count). The monoisotopic (exact) mass is 461 g/mol. The number of nitrogens with zero attached hydrogens (tertiary/aromatic N) is 2. The van der Waals surface area contributed by atoms with Gasteiger partial charge in [-0.25, -0.2) is 4.98 Å². The average Bonchev–Trinajstić information content (AvgIpc) is 2.75. The summed E-state index contributed by atoms with van der Waals surface area (Å²) in [5.41, 5.74) is 1.18. The van der Waals surface area contributed by atoms with Gasteiger partial charge >= 0.3 is 0 Å². The summed E-state index contributed by atoms with van der Waals surface area (Å²) >= 11 is 11.8. The number of aromatic nitrogens is 2. The van der Waals surface area contributed by atoms with Gasteiger partial charge in [0.15, 0.2) is 6.61 Å². The first-order valence-electron chi connectivity index (χ1n) is 9.60. The highest BCUT2D eigenvalue weighted by Gasteiger charge is 2.08. The van der Waals surface area contributed by atoms with Crippen LogP contribution in [0.3, 0.4) is 0 Å². The molecule has 1 amide bonds. The molecule has 0 atom stereocenters. The van der Waals surface area contributed by atoms with E-state index in [0.29, 0.717) is 28.1 Å². The average molecular weight is 462 g/mol. The number of carbonyl (C=O) groups excluding carboxylic acids is 1. The van der Waals surface area contributed by atoms with Crippen molar-refractivity contribution in [2.75, 3.05) is 19.8 Å². The number of hydrogen-bond donors (Lipinski definition) is 1. The predicted molar refractivity (Wildman–Crippen MR) is 120 cm³/mol. The molecule has 3 aromatic rings. The lowest BCUT2D eigenvalue weighted by Gasteiger charge is -2.10. The third-order valence-electron chi connectivity index (χ3n) is 4.27. The van der Waals surface area contributed by atoms with E-state index in [2.05, 4.69) is 10.3 Å². The van der Waals surface area contributed by atoms with Crippen molar-refractivity contribution in [3.05, 3.63) is 75.3 Å².